The first-order valence-corrected chi connectivity index (χ1v) is 5.22. The third-order valence-corrected chi connectivity index (χ3v) is 2.36. The van der Waals surface area contributed by atoms with Crippen LogP contribution in [0.2, 0.25) is 0 Å². The van der Waals surface area contributed by atoms with E-state index in [0.717, 1.165) is 11.3 Å². The molecule has 0 unspecified atom stereocenters. The van der Waals surface area contributed by atoms with E-state index in [0.29, 0.717) is 6.54 Å². The lowest BCUT2D eigenvalue weighted by Crippen LogP contribution is -2.01. The number of aromatic nitrogens is 1. The Morgan fingerprint density at radius 2 is 2.00 bits per heavy atom. The second-order valence-electron chi connectivity index (χ2n) is 3.59. The largest absolute Gasteiger partial charge is 0.478 e. The molecule has 0 aliphatic heterocycles. The van der Waals surface area contributed by atoms with Gasteiger partial charge < -0.3 is 10.4 Å². The van der Waals surface area contributed by atoms with Gasteiger partial charge in [0.15, 0.2) is 0 Å². The summed E-state index contributed by atoms with van der Waals surface area (Å²) in [5, 5.41) is 12.0. The van der Waals surface area contributed by atoms with Crippen molar-refractivity contribution in [2.75, 3.05) is 5.32 Å². The highest BCUT2D eigenvalue weighted by atomic mass is 16.4. The smallest absolute Gasteiger partial charge is 0.335 e. The molecule has 0 saturated carbocycles. The van der Waals surface area contributed by atoms with Crippen LogP contribution in [0.1, 0.15) is 15.9 Å². The Bertz CT molecular complexity index is 512. The average Bonchev–Trinajstić information content (AvgIpc) is 2.38. The number of aromatic carboxylic acids is 1. The summed E-state index contributed by atoms with van der Waals surface area (Å²) in [6.45, 7) is 0.644. The molecule has 0 atom stereocenters. The number of rotatable bonds is 4. The zero-order valence-electron chi connectivity index (χ0n) is 9.13. The van der Waals surface area contributed by atoms with Crippen LogP contribution in [0.25, 0.3) is 0 Å². The van der Waals surface area contributed by atoms with Crippen molar-refractivity contribution in [2.24, 2.45) is 0 Å². The van der Waals surface area contributed by atoms with Crippen molar-refractivity contribution in [3.05, 3.63) is 59.9 Å². The molecule has 0 fully saturated rings. The van der Waals surface area contributed by atoms with Crippen molar-refractivity contribution >= 4 is 11.7 Å². The van der Waals surface area contributed by atoms with Gasteiger partial charge in [-0.3, -0.25) is 4.98 Å². The molecule has 1 aromatic carbocycles. The van der Waals surface area contributed by atoms with E-state index in [1.165, 1.54) is 0 Å². The summed E-state index contributed by atoms with van der Waals surface area (Å²) in [4.78, 5) is 14.7. The summed E-state index contributed by atoms with van der Waals surface area (Å²) in [6.07, 6.45) is 3.45. The molecule has 0 radical (unpaired) electrons. The number of hydrogen-bond acceptors (Lipinski definition) is 3. The van der Waals surface area contributed by atoms with Crippen LogP contribution >= 0.6 is 0 Å². The van der Waals surface area contributed by atoms with Gasteiger partial charge in [-0.1, -0.05) is 6.07 Å². The lowest BCUT2D eigenvalue weighted by Gasteiger charge is -2.06. The minimum Gasteiger partial charge on any atom is -0.478 e. The van der Waals surface area contributed by atoms with Gasteiger partial charge in [0.1, 0.15) is 0 Å². The van der Waals surface area contributed by atoms with Gasteiger partial charge >= 0.3 is 5.97 Å². The van der Waals surface area contributed by atoms with Crippen LogP contribution in [-0.2, 0) is 6.54 Å². The van der Waals surface area contributed by atoms with Gasteiger partial charge in [-0.2, -0.15) is 0 Å². The lowest BCUT2D eigenvalue weighted by molar-refractivity contribution is 0.0697. The van der Waals surface area contributed by atoms with Crippen molar-refractivity contribution < 1.29 is 9.90 Å². The van der Waals surface area contributed by atoms with Gasteiger partial charge in [-0.05, 0) is 35.9 Å². The Hall–Kier alpha value is -2.36. The summed E-state index contributed by atoms with van der Waals surface area (Å²) in [7, 11) is 0. The molecule has 0 spiro atoms. The maximum absolute atomic E-state index is 10.8. The van der Waals surface area contributed by atoms with E-state index in [1.54, 1.807) is 30.6 Å². The summed E-state index contributed by atoms with van der Waals surface area (Å²) in [5.41, 5.74) is 2.17. The fourth-order valence-corrected chi connectivity index (χ4v) is 1.47. The Balaban J connectivity index is 2.04. The number of pyridine rings is 1. The van der Waals surface area contributed by atoms with E-state index in [9.17, 15) is 4.79 Å². The highest BCUT2D eigenvalue weighted by molar-refractivity contribution is 5.88. The molecule has 86 valence electrons. The molecular weight excluding hydrogens is 216 g/mol. The monoisotopic (exact) mass is 228 g/mol. The molecule has 0 saturated heterocycles. The molecule has 2 aromatic rings. The van der Waals surface area contributed by atoms with Gasteiger partial charge in [0, 0.05) is 24.6 Å². The molecule has 0 bridgehead atoms. The van der Waals surface area contributed by atoms with Crippen molar-refractivity contribution in [1.82, 2.24) is 4.98 Å². The number of carboxylic acid groups (broad SMARTS) is 1. The predicted octanol–water partition coefficient (Wildman–Crippen LogP) is 2.39. The standard InChI is InChI=1S/C13H12N2O2/c16-13(17)11-2-1-3-12(8-11)15-9-10-4-6-14-7-5-10/h1-8,15H,9H2,(H,16,17). The molecule has 4 nitrogen and oxygen atoms in total. The van der Waals surface area contributed by atoms with Crippen LogP contribution in [0.5, 0.6) is 0 Å². The van der Waals surface area contributed by atoms with Crippen molar-refractivity contribution in [3.63, 3.8) is 0 Å². The van der Waals surface area contributed by atoms with Crippen LogP contribution < -0.4 is 5.32 Å². The molecule has 1 heterocycles. The average molecular weight is 228 g/mol. The third kappa shape index (κ3) is 3.04. The number of anilines is 1. The number of hydrogen-bond donors (Lipinski definition) is 2. The van der Waals surface area contributed by atoms with Crippen LogP contribution in [0, 0.1) is 0 Å². The van der Waals surface area contributed by atoms with Gasteiger partial charge in [-0.15, -0.1) is 0 Å². The van der Waals surface area contributed by atoms with Crippen LogP contribution in [0.4, 0.5) is 5.69 Å². The molecule has 17 heavy (non-hydrogen) atoms. The van der Waals surface area contributed by atoms with Gasteiger partial charge in [0.05, 0.1) is 5.56 Å². The summed E-state index contributed by atoms with van der Waals surface area (Å²) < 4.78 is 0. The topological polar surface area (TPSA) is 62.2 Å². The fourth-order valence-electron chi connectivity index (χ4n) is 1.47. The summed E-state index contributed by atoms with van der Waals surface area (Å²) in [6, 6.07) is 10.6. The second-order valence-corrected chi connectivity index (χ2v) is 3.59. The number of nitrogens with zero attached hydrogens (tertiary/aromatic N) is 1. The van der Waals surface area contributed by atoms with Gasteiger partial charge in [-0.25, -0.2) is 4.79 Å². The van der Waals surface area contributed by atoms with E-state index >= 15 is 0 Å². The number of carboxylic acids is 1. The maximum Gasteiger partial charge on any atom is 0.335 e. The first-order chi connectivity index (χ1) is 8.25. The normalized spacial score (nSPS) is 9.88. The summed E-state index contributed by atoms with van der Waals surface area (Å²) >= 11 is 0. The highest BCUT2D eigenvalue weighted by Crippen LogP contribution is 2.11. The van der Waals surface area contributed by atoms with Gasteiger partial charge in [0.25, 0.3) is 0 Å². The minimum absolute atomic E-state index is 0.282. The Kier molecular flexibility index (Phi) is 3.35. The van der Waals surface area contributed by atoms with Crippen LogP contribution in [0.3, 0.4) is 0 Å². The molecule has 2 rings (SSSR count). The quantitative estimate of drug-likeness (QED) is 0.843. The van der Waals surface area contributed by atoms with Gasteiger partial charge in [0.2, 0.25) is 0 Å². The Morgan fingerprint density at radius 3 is 2.71 bits per heavy atom. The third-order valence-electron chi connectivity index (χ3n) is 2.36. The van der Waals surface area contributed by atoms with Crippen LogP contribution in [-0.4, -0.2) is 16.1 Å². The zero-order chi connectivity index (χ0) is 12.1. The fraction of sp³-hybridized carbons (Fsp3) is 0.0769. The van der Waals surface area contributed by atoms with E-state index < -0.39 is 5.97 Å². The number of carbonyl (C=O) groups is 1. The Labute approximate surface area is 98.9 Å². The first-order valence-electron chi connectivity index (χ1n) is 5.22. The zero-order valence-corrected chi connectivity index (χ0v) is 9.13. The minimum atomic E-state index is -0.919. The molecule has 2 N–H and O–H groups in total. The molecule has 4 heteroatoms. The molecular formula is C13H12N2O2. The van der Waals surface area contributed by atoms with E-state index in [4.69, 9.17) is 5.11 Å². The van der Waals surface area contributed by atoms with Crippen molar-refractivity contribution in [2.45, 2.75) is 6.54 Å². The van der Waals surface area contributed by atoms with Crippen LogP contribution in [0.15, 0.2) is 48.8 Å². The molecule has 0 aliphatic rings. The lowest BCUT2D eigenvalue weighted by atomic mass is 10.2. The van der Waals surface area contributed by atoms with E-state index in [-0.39, 0.29) is 5.56 Å². The van der Waals surface area contributed by atoms with Crippen molar-refractivity contribution in [3.8, 4) is 0 Å². The van der Waals surface area contributed by atoms with E-state index in [1.807, 2.05) is 18.2 Å². The predicted molar refractivity (Wildman–Crippen MR) is 65.0 cm³/mol. The molecule has 1 aromatic heterocycles. The van der Waals surface area contributed by atoms with E-state index in [2.05, 4.69) is 10.3 Å². The molecule has 0 aliphatic carbocycles. The molecule has 0 amide bonds. The Morgan fingerprint density at radius 1 is 1.24 bits per heavy atom. The summed E-state index contributed by atoms with van der Waals surface area (Å²) in [5.74, 6) is -0.919. The first kappa shape index (κ1) is 11.1. The SMILES string of the molecule is O=C(O)c1cccc(NCc2ccncc2)c1. The number of benzene rings is 1. The second kappa shape index (κ2) is 5.12. The number of nitrogens with one attached hydrogen (secondary N) is 1. The van der Waals surface area contributed by atoms with Crippen molar-refractivity contribution in [1.29, 1.82) is 0 Å². The highest BCUT2D eigenvalue weighted by Gasteiger charge is 2.02. The maximum atomic E-state index is 10.8.